The van der Waals surface area contributed by atoms with E-state index < -0.39 is 0 Å². The molecule has 0 saturated heterocycles. The molecule has 0 aliphatic carbocycles. The third-order valence-electron chi connectivity index (χ3n) is 3.89. The lowest BCUT2D eigenvalue weighted by atomic mass is 10.1. The zero-order valence-corrected chi connectivity index (χ0v) is 14.0. The zero-order chi connectivity index (χ0) is 16.4. The van der Waals surface area contributed by atoms with Crippen molar-refractivity contribution in [1.29, 1.82) is 0 Å². The Morgan fingerprint density at radius 1 is 1.00 bits per heavy atom. The minimum atomic E-state index is 0.831. The number of hydrogen-bond acceptors (Lipinski definition) is 3. The van der Waals surface area contributed by atoms with Gasteiger partial charge in [0.15, 0.2) is 0 Å². The fraction of sp³-hybridized carbons (Fsp3) is 0.211. The molecule has 0 atom stereocenters. The first kappa shape index (κ1) is 15.3. The van der Waals surface area contributed by atoms with E-state index in [-0.39, 0.29) is 0 Å². The molecule has 0 aliphatic heterocycles. The minimum Gasteiger partial charge on any atom is -0.497 e. The van der Waals surface area contributed by atoms with Crippen LogP contribution in [-0.2, 0) is 0 Å². The Hall–Kier alpha value is -2.59. The van der Waals surface area contributed by atoms with Crippen LogP contribution in [0.15, 0.2) is 48.5 Å². The fourth-order valence-corrected chi connectivity index (χ4v) is 2.61. The van der Waals surface area contributed by atoms with E-state index >= 15 is 0 Å². The van der Waals surface area contributed by atoms with Crippen molar-refractivity contribution in [3.8, 4) is 5.75 Å². The Labute approximate surface area is 136 Å². The second-order valence-electron chi connectivity index (χ2n) is 5.90. The van der Waals surface area contributed by atoms with Crippen LogP contribution in [0.5, 0.6) is 5.75 Å². The molecule has 0 radical (unpaired) electrons. The molecular weight excluding hydrogens is 286 g/mol. The van der Waals surface area contributed by atoms with Crippen molar-refractivity contribution in [2.24, 2.45) is 0 Å². The number of benzene rings is 2. The molecule has 3 aromatic rings. The number of nitrogens with zero attached hydrogens (tertiary/aromatic N) is 1. The number of aryl methyl sites for hydroxylation is 1. The van der Waals surface area contributed by atoms with Gasteiger partial charge in [-0.05, 0) is 43.3 Å². The summed E-state index contributed by atoms with van der Waals surface area (Å²) >= 11 is 0. The summed E-state index contributed by atoms with van der Waals surface area (Å²) in [6.45, 7) is 2.01. The summed E-state index contributed by atoms with van der Waals surface area (Å²) in [6, 6.07) is 16.5. The molecule has 4 nitrogen and oxygen atoms in total. The number of ether oxygens (including phenoxy) is 1. The van der Waals surface area contributed by atoms with Crippen LogP contribution in [-0.4, -0.2) is 26.2 Å². The highest BCUT2D eigenvalue weighted by atomic mass is 16.5. The van der Waals surface area contributed by atoms with E-state index in [4.69, 9.17) is 4.74 Å². The Bertz CT molecular complexity index is 826. The number of methoxy groups -OCH3 is 1. The molecule has 0 bridgehead atoms. The molecule has 0 saturated carbocycles. The van der Waals surface area contributed by atoms with Gasteiger partial charge in [-0.1, -0.05) is 0 Å². The normalized spacial score (nSPS) is 11.0. The average Bonchev–Trinajstić information content (AvgIpc) is 2.55. The van der Waals surface area contributed by atoms with E-state index in [9.17, 15) is 0 Å². The maximum atomic E-state index is 5.34. The maximum Gasteiger partial charge on any atom is 0.130 e. The van der Waals surface area contributed by atoms with Gasteiger partial charge in [0.1, 0.15) is 11.4 Å². The number of anilines is 2. The van der Waals surface area contributed by atoms with Crippen LogP contribution < -0.4 is 15.0 Å². The molecule has 2 aromatic carbocycles. The third-order valence-corrected chi connectivity index (χ3v) is 3.89. The van der Waals surface area contributed by atoms with Gasteiger partial charge < -0.3 is 15.0 Å². The fourth-order valence-electron chi connectivity index (χ4n) is 2.61. The largest absolute Gasteiger partial charge is 0.497 e. The molecule has 1 heterocycles. The molecule has 0 fully saturated rings. The van der Waals surface area contributed by atoms with E-state index in [0.717, 1.165) is 33.7 Å². The summed E-state index contributed by atoms with van der Waals surface area (Å²) in [5, 5.41) is 4.55. The first-order valence-electron chi connectivity index (χ1n) is 7.70. The Morgan fingerprint density at radius 2 is 1.74 bits per heavy atom. The number of fused-ring (bicyclic) bond motifs is 1. The van der Waals surface area contributed by atoms with Gasteiger partial charge in [0.2, 0.25) is 0 Å². The monoisotopic (exact) mass is 308 g/mol. The van der Waals surface area contributed by atoms with E-state index in [1.165, 1.54) is 10.6 Å². The van der Waals surface area contributed by atoms with Crippen LogP contribution in [0.1, 0.15) is 5.69 Å². The Kier molecular flexibility index (Phi) is 4.17. The predicted molar refractivity (Wildman–Crippen MR) is 95.2 cm³/mol. The van der Waals surface area contributed by atoms with Crippen LogP contribution in [0.4, 0.5) is 17.1 Å². The first-order chi connectivity index (χ1) is 11.1. The molecule has 0 amide bonds. The number of aromatic nitrogens is 1. The maximum absolute atomic E-state index is 5.34. The highest BCUT2D eigenvalue weighted by molar-refractivity contribution is 5.94. The lowest BCUT2D eigenvalue weighted by molar-refractivity contribution is -0.786. The molecule has 0 unspecified atom stereocenters. The number of nitrogens with one attached hydrogen (secondary N) is 2. The van der Waals surface area contributed by atoms with Crippen LogP contribution >= 0.6 is 0 Å². The van der Waals surface area contributed by atoms with E-state index in [1.54, 1.807) is 7.11 Å². The number of rotatable bonds is 4. The lowest BCUT2D eigenvalue weighted by Gasteiger charge is -2.13. The van der Waals surface area contributed by atoms with Crippen molar-refractivity contribution < 1.29 is 9.64 Å². The van der Waals surface area contributed by atoms with Gasteiger partial charge in [-0.3, -0.25) is 4.98 Å². The highest BCUT2D eigenvalue weighted by Gasteiger charge is 2.07. The van der Waals surface area contributed by atoms with Gasteiger partial charge in [0.25, 0.3) is 0 Å². The Balaban J connectivity index is 2.01. The smallest absolute Gasteiger partial charge is 0.130 e. The van der Waals surface area contributed by atoms with Crippen molar-refractivity contribution in [3.63, 3.8) is 0 Å². The number of hydrogen-bond donors (Lipinski definition) is 2. The molecule has 2 N–H and O–H groups in total. The summed E-state index contributed by atoms with van der Waals surface area (Å²) in [5.74, 6) is 0.831. The standard InChI is InChI=1S/C19H21N3O/c1-13-11-19(17-12-16(23-4)9-10-18(17)20-13)21-14-5-7-15(8-6-14)22(2)3/h5-12H,1-4H3,(H,20,21)/p+1. The summed E-state index contributed by atoms with van der Waals surface area (Å²) in [4.78, 5) is 5.90. The summed E-state index contributed by atoms with van der Waals surface area (Å²) in [6.07, 6.45) is 0. The summed E-state index contributed by atoms with van der Waals surface area (Å²) < 4.78 is 5.34. The number of quaternary nitrogens is 1. The lowest BCUT2D eigenvalue weighted by Crippen LogP contribution is -3.00. The van der Waals surface area contributed by atoms with Crippen LogP contribution in [0, 0.1) is 6.92 Å². The molecular formula is C19H22N3O+. The van der Waals surface area contributed by atoms with Gasteiger partial charge in [-0.25, -0.2) is 0 Å². The molecule has 1 aromatic heterocycles. The second-order valence-corrected chi connectivity index (χ2v) is 5.90. The van der Waals surface area contributed by atoms with Gasteiger partial charge in [-0.15, -0.1) is 0 Å². The topological polar surface area (TPSA) is 38.6 Å². The van der Waals surface area contributed by atoms with E-state index in [0.29, 0.717) is 0 Å². The highest BCUT2D eigenvalue weighted by Crippen LogP contribution is 2.29. The van der Waals surface area contributed by atoms with Gasteiger partial charge in [0, 0.05) is 34.6 Å². The van der Waals surface area contributed by atoms with Crippen molar-refractivity contribution >= 4 is 28.0 Å². The molecule has 3 rings (SSSR count). The van der Waals surface area contributed by atoms with Crippen LogP contribution in [0.25, 0.3) is 10.9 Å². The van der Waals surface area contributed by atoms with Gasteiger partial charge >= 0.3 is 0 Å². The molecule has 0 aliphatic rings. The second kappa shape index (κ2) is 6.26. The molecule has 118 valence electrons. The van der Waals surface area contributed by atoms with Crippen LogP contribution in [0.2, 0.25) is 0 Å². The van der Waals surface area contributed by atoms with Crippen molar-refractivity contribution in [2.45, 2.75) is 6.92 Å². The van der Waals surface area contributed by atoms with Crippen molar-refractivity contribution in [1.82, 2.24) is 4.98 Å². The van der Waals surface area contributed by atoms with Crippen LogP contribution in [0.3, 0.4) is 0 Å². The quantitative estimate of drug-likeness (QED) is 0.778. The van der Waals surface area contributed by atoms with Crippen molar-refractivity contribution in [3.05, 3.63) is 54.2 Å². The third kappa shape index (κ3) is 3.27. The van der Waals surface area contributed by atoms with E-state index in [2.05, 4.69) is 54.7 Å². The molecule has 4 heteroatoms. The van der Waals surface area contributed by atoms with Gasteiger partial charge in [0.05, 0.1) is 26.7 Å². The zero-order valence-electron chi connectivity index (χ0n) is 14.0. The first-order valence-corrected chi connectivity index (χ1v) is 7.70. The predicted octanol–water partition coefficient (Wildman–Crippen LogP) is 3.07. The number of pyridine rings is 1. The SMILES string of the molecule is COc1ccc2nc(C)cc(Nc3ccc([NH+](C)C)cc3)c2c1. The van der Waals surface area contributed by atoms with Crippen molar-refractivity contribution in [2.75, 3.05) is 26.5 Å². The summed E-state index contributed by atoms with van der Waals surface area (Å²) in [5.41, 5.74) is 5.30. The van der Waals surface area contributed by atoms with Gasteiger partial charge in [-0.2, -0.15) is 0 Å². The minimum absolute atomic E-state index is 0.831. The molecule has 0 spiro atoms. The average molecular weight is 308 g/mol. The summed E-state index contributed by atoms with van der Waals surface area (Å²) in [7, 11) is 5.92. The molecule has 23 heavy (non-hydrogen) atoms. The van der Waals surface area contributed by atoms with E-state index in [1.807, 2.05) is 25.1 Å². The Morgan fingerprint density at radius 3 is 2.39 bits per heavy atom.